The van der Waals surface area contributed by atoms with Crippen molar-refractivity contribution in [1.29, 1.82) is 0 Å². The summed E-state index contributed by atoms with van der Waals surface area (Å²) in [4.78, 5) is 0. The number of halogens is 4. The highest BCUT2D eigenvalue weighted by Gasteiger charge is 2.63. The maximum atomic E-state index is 13.3. The molecule has 1 aliphatic rings. The molecule has 1 aromatic rings. The van der Waals surface area contributed by atoms with Gasteiger partial charge in [-0.05, 0) is 31.0 Å². The van der Waals surface area contributed by atoms with Gasteiger partial charge in [-0.3, -0.25) is 0 Å². The molecule has 0 saturated heterocycles. The van der Waals surface area contributed by atoms with Crippen LogP contribution in [-0.2, 0) is 0 Å². The van der Waals surface area contributed by atoms with Gasteiger partial charge in [0.15, 0.2) is 0 Å². The van der Waals surface area contributed by atoms with Gasteiger partial charge in [0.1, 0.15) is 11.4 Å². The molecule has 0 aromatic heterocycles. The maximum Gasteiger partial charge on any atom is 0.411 e. The predicted molar refractivity (Wildman–Crippen MR) is 52.5 cm³/mol. The van der Waals surface area contributed by atoms with E-state index in [1.54, 1.807) is 0 Å². The van der Waals surface area contributed by atoms with Crippen LogP contribution in [0.25, 0.3) is 0 Å². The van der Waals surface area contributed by atoms with Crippen LogP contribution in [0.4, 0.5) is 28.9 Å². The van der Waals surface area contributed by atoms with Gasteiger partial charge in [-0.1, -0.05) is 0 Å². The van der Waals surface area contributed by atoms with E-state index in [1.807, 2.05) is 0 Å². The molecule has 1 fully saturated rings. The van der Waals surface area contributed by atoms with Crippen molar-refractivity contribution in [3.05, 3.63) is 24.0 Å². The van der Waals surface area contributed by atoms with Gasteiger partial charge < -0.3 is 11.1 Å². The first-order valence-electron chi connectivity index (χ1n) is 4.74. The summed E-state index contributed by atoms with van der Waals surface area (Å²) in [6, 6.07) is 3.57. The lowest BCUT2D eigenvalue weighted by Crippen LogP contribution is -2.38. The van der Waals surface area contributed by atoms with Gasteiger partial charge in [0.2, 0.25) is 0 Å². The molecule has 2 rings (SSSR count). The molecule has 6 heteroatoms. The average molecular weight is 234 g/mol. The summed E-state index contributed by atoms with van der Waals surface area (Å²) in [6.07, 6.45) is -4.42. The lowest BCUT2D eigenvalue weighted by molar-refractivity contribution is -0.151. The molecule has 0 heterocycles. The summed E-state index contributed by atoms with van der Waals surface area (Å²) < 4.78 is 51.0. The summed E-state index contributed by atoms with van der Waals surface area (Å²) in [5, 5.41) is 2.21. The van der Waals surface area contributed by atoms with Gasteiger partial charge in [-0.2, -0.15) is 13.2 Å². The molecule has 88 valence electrons. The van der Waals surface area contributed by atoms with Crippen LogP contribution in [0, 0.1) is 5.82 Å². The van der Waals surface area contributed by atoms with E-state index in [1.165, 1.54) is 12.1 Å². The van der Waals surface area contributed by atoms with Crippen LogP contribution in [0.15, 0.2) is 18.2 Å². The Hall–Kier alpha value is -1.46. The lowest BCUT2D eigenvalue weighted by Gasteiger charge is -2.22. The first-order chi connectivity index (χ1) is 7.34. The van der Waals surface area contributed by atoms with Crippen LogP contribution in [0.2, 0.25) is 0 Å². The van der Waals surface area contributed by atoms with Crippen molar-refractivity contribution in [3.63, 3.8) is 0 Å². The molecule has 0 spiro atoms. The van der Waals surface area contributed by atoms with Gasteiger partial charge in [-0.25, -0.2) is 4.39 Å². The number of nitrogens with two attached hydrogens (primary N) is 1. The van der Waals surface area contributed by atoms with Crippen molar-refractivity contribution in [2.45, 2.75) is 24.6 Å². The van der Waals surface area contributed by atoms with Crippen molar-refractivity contribution >= 4 is 11.4 Å². The van der Waals surface area contributed by atoms with Crippen molar-refractivity contribution < 1.29 is 17.6 Å². The highest BCUT2D eigenvalue weighted by atomic mass is 19.4. The Morgan fingerprint density at radius 3 is 2.31 bits per heavy atom. The number of nitrogen functional groups attached to an aromatic ring is 1. The lowest BCUT2D eigenvalue weighted by atomic mass is 10.2. The van der Waals surface area contributed by atoms with Crippen LogP contribution >= 0.6 is 0 Å². The van der Waals surface area contributed by atoms with Crippen LogP contribution in [0.3, 0.4) is 0 Å². The molecular weight excluding hydrogens is 224 g/mol. The summed E-state index contributed by atoms with van der Waals surface area (Å²) >= 11 is 0. The zero-order chi connectivity index (χ0) is 12.0. The fraction of sp³-hybridized carbons (Fsp3) is 0.400. The topological polar surface area (TPSA) is 38.0 Å². The number of alkyl halides is 3. The summed E-state index contributed by atoms with van der Waals surface area (Å²) in [7, 11) is 0. The van der Waals surface area contributed by atoms with Crippen LogP contribution < -0.4 is 11.1 Å². The minimum absolute atomic E-state index is 0.0275. The molecule has 0 radical (unpaired) electrons. The smallest absolute Gasteiger partial charge is 0.399 e. The Bertz CT molecular complexity index is 410. The highest BCUT2D eigenvalue weighted by molar-refractivity contribution is 5.55. The maximum absolute atomic E-state index is 13.3. The molecule has 2 nitrogen and oxygen atoms in total. The monoisotopic (exact) mass is 234 g/mol. The summed E-state index contributed by atoms with van der Waals surface area (Å²) in [5.41, 5.74) is 3.37. The van der Waals surface area contributed by atoms with Crippen molar-refractivity contribution in [1.82, 2.24) is 0 Å². The number of rotatable bonds is 2. The van der Waals surface area contributed by atoms with E-state index in [-0.39, 0.29) is 24.2 Å². The number of hydrogen-bond donors (Lipinski definition) is 2. The van der Waals surface area contributed by atoms with Gasteiger partial charge in [-0.15, -0.1) is 0 Å². The highest BCUT2D eigenvalue weighted by Crippen LogP contribution is 2.51. The number of benzene rings is 1. The molecule has 0 aliphatic heterocycles. The minimum atomic E-state index is -4.36. The van der Waals surface area contributed by atoms with Gasteiger partial charge in [0.05, 0.1) is 5.69 Å². The molecule has 1 aliphatic carbocycles. The number of anilines is 2. The van der Waals surface area contributed by atoms with Crippen LogP contribution in [0.5, 0.6) is 0 Å². The van der Waals surface area contributed by atoms with Gasteiger partial charge in [0, 0.05) is 5.69 Å². The number of nitrogens with one attached hydrogen (secondary N) is 1. The van der Waals surface area contributed by atoms with E-state index >= 15 is 0 Å². The Kier molecular flexibility index (Phi) is 2.25. The Balaban J connectivity index is 2.22. The molecule has 1 aromatic carbocycles. The van der Waals surface area contributed by atoms with Gasteiger partial charge in [0.25, 0.3) is 0 Å². The van der Waals surface area contributed by atoms with Crippen LogP contribution in [0.1, 0.15) is 12.8 Å². The quantitative estimate of drug-likeness (QED) is 0.610. The van der Waals surface area contributed by atoms with E-state index in [4.69, 9.17) is 5.73 Å². The predicted octanol–water partition coefficient (Wildman–Crippen LogP) is 2.91. The average Bonchev–Trinajstić information content (AvgIpc) is 2.90. The molecule has 16 heavy (non-hydrogen) atoms. The van der Waals surface area contributed by atoms with E-state index in [9.17, 15) is 17.6 Å². The van der Waals surface area contributed by atoms with Crippen molar-refractivity contribution in [3.8, 4) is 0 Å². The van der Waals surface area contributed by atoms with E-state index < -0.39 is 17.5 Å². The summed E-state index contributed by atoms with van der Waals surface area (Å²) in [6.45, 7) is 0. The normalized spacial score (nSPS) is 18.2. The van der Waals surface area contributed by atoms with Crippen molar-refractivity contribution in [2.75, 3.05) is 11.1 Å². The Morgan fingerprint density at radius 2 is 1.88 bits per heavy atom. The zero-order valence-electron chi connectivity index (χ0n) is 8.24. The van der Waals surface area contributed by atoms with Crippen molar-refractivity contribution in [2.24, 2.45) is 0 Å². The Labute approximate surface area is 89.4 Å². The largest absolute Gasteiger partial charge is 0.411 e. The third-order valence-corrected chi connectivity index (χ3v) is 2.66. The molecule has 0 bridgehead atoms. The SMILES string of the molecule is Nc1ccc(NC2(C(F)(F)F)CC2)c(F)c1. The first kappa shape index (κ1) is 11.0. The minimum Gasteiger partial charge on any atom is -0.399 e. The second kappa shape index (κ2) is 3.26. The standard InChI is InChI=1S/C10H10F4N2/c11-7-5-6(15)1-2-8(7)16-9(3-4-9)10(12,13)14/h1-2,5,16H,3-4,15H2. The second-order valence-electron chi connectivity index (χ2n) is 3.94. The van der Waals surface area contributed by atoms with E-state index in [2.05, 4.69) is 5.32 Å². The molecule has 3 N–H and O–H groups in total. The fourth-order valence-corrected chi connectivity index (χ4v) is 1.49. The molecule has 0 unspecified atom stereocenters. The second-order valence-corrected chi connectivity index (χ2v) is 3.94. The molecule has 1 saturated carbocycles. The number of hydrogen-bond acceptors (Lipinski definition) is 2. The molecular formula is C10H10F4N2. The zero-order valence-corrected chi connectivity index (χ0v) is 8.24. The molecule has 0 amide bonds. The van der Waals surface area contributed by atoms with E-state index in [0.29, 0.717) is 0 Å². The van der Waals surface area contributed by atoms with Gasteiger partial charge >= 0.3 is 6.18 Å². The fourth-order valence-electron chi connectivity index (χ4n) is 1.49. The molecule has 0 atom stereocenters. The van der Waals surface area contributed by atoms with Crippen LogP contribution in [-0.4, -0.2) is 11.7 Å². The Morgan fingerprint density at radius 1 is 1.25 bits per heavy atom. The third-order valence-electron chi connectivity index (χ3n) is 2.66. The van der Waals surface area contributed by atoms with E-state index in [0.717, 1.165) is 6.07 Å². The third kappa shape index (κ3) is 1.79. The first-order valence-corrected chi connectivity index (χ1v) is 4.74. The summed E-state index contributed by atoms with van der Waals surface area (Å²) in [5.74, 6) is -0.768.